The number of pyridine rings is 1. The molecule has 0 bridgehead atoms. The van der Waals surface area contributed by atoms with E-state index < -0.39 is 0 Å². The van der Waals surface area contributed by atoms with E-state index in [4.69, 9.17) is 4.74 Å². The zero-order chi connectivity index (χ0) is 14.2. The van der Waals surface area contributed by atoms with E-state index >= 15 is 0 Å². The molecular weight excluding hydrogens is 248 g/mol. The van der Waals surface area contributed by atoms with Crippen LogP contribution in [-0.4, -0.2) is 18.1 Å². The van der Waals surface area contributed by atoms with Gasteiger partial charge in [0, 0.05) is 18.8 Å². The molecule has 2 atom stereocenters. The van der Waals surface area contributed by atoms with Gasteiger partial charge in [0.05, 0.1) is 6.61 Å². The predicted molar refractivity (Wildman–Crippen MR) is 82.8 cm³/mol. The van der Waals surface area contributed by atoms with Crippen LogP contribution < -0.4 is 10.1 Å². The van der Waals surface area contributed by atoms with E-state index in [9.17, 15) is 0 Å². The predicted octanol–water partition coefficient (Wildman–Crippen LogP) is 3.56. The van der Waals surface area contributed by atoms with Gasteiger partial charge in [-0.3, -0.25) is 0 Å². The molecule has 1 N–H and O–H groups in total. The van der Waals surface area contributed by atoms with Crippen LogP contribution in [0, 0.1) is 11.8 Å². The molecular formula is C17H26N2O. The molecule has 3 heteroatoms. The van der Waals surface area contributed by atoms with E-state index in [1.807, 2.05) is 18.3 Å². The Morgan fingerprint density at radius 1 is 1.35 bits per heavy atom. The van der Waals surface area contributed by atoms with Crippen molar-refractivity contribution in [2.24, 2.45) is 11.8 Å². The summed E-state index contributed by atoms with van der Waals surface area (Å²) in [6.07, 6.45) is 9.83. The van der Waals surface area contributed by atoms with Crippen molar-refractivity contribution in [3.05, 3.63) is 36.0 Å². The molecule has 2 unspecified atom stereocenters. The van der Waals surface area contributed by atoms with Crippen LogP contribution in [0.5, 0.6) is 5.88 Å². The SMILES string of the molecule is CCCNCc1ccnc(OCC2CC=CCC2C)c1. The minimum Gasteiger partial charge on any atom is -0.477 e. The highest BCUT2D eigenvalue weighted by Gasteiger charge is 2.19. The quantitative estimate of drug-likeness (QED) is 0.610. The molecule has 0 spiro atoms. The van der Waals surface area contributed by atoms with Crippen molar-refractivity contribution in [2.75, 3.05) is 13.2 Å². The van der Waals surface area contributed by atoms with Crippen molar-refractivity contribution in [2.45, 2.75) is 39.7 Å². The Balaban J connectivity index is 1.83. The van der Waals surface area contributed by atoms with Gasteiger partial charge in [-0.05, 0) is 49.3 Å². The standard InChI is InChI=1S/C17H26N2O/c1-3-9-18-12-15-8-10-19-17(11-15)20-13-16-7-5-4-6-14(16)2/h4-5,8,10-11,14,16,18H,3,6-7,9,12-13H2,1-2H3. The fourth-order valence-corrected chi connectivity index (χ4v) is 2.48. The van der Waals surface area contributed by atoms with Gasteiger partial charge in [-0.15, -0.1) is 0 Å². The molecule has 2 rings (SSSR count). The van der Waals surface area contributed by atoms with Crippen molar-refractivity contribution in [1.82, 2.24) is 10.3 Å². The summed E-state index contributed by atoms with van der Waals surface area (Å²) < 4.78 is 5.89. The van der Waals surface area contributed by atoms with Crippen LogP contribution in [0.25, 0.3) is 0 Å². The Morgan fingerprint density at radius 3 is 3.00 bits per heavy atom. The van der Waals surface area contributed by atoms with E-state index in [0.717, 1.165) is 38.4 Å². The Hall–Kier alpha value is -1.35. The average Bonchev–Trinajstić information content (AvgIpc) is 2.47. The Kier molecular flexibility index (Phi) is 6.06. The molecule has 3 nitrogen and oxygen atoms in total. The van der Waals surface area contributed by atoms with Gasteiger partial charge in [0.25, 0.3) is 0 Å². The van der Waals surface area contributed by atoms with Gasteiger partial charge >= 0.3 is 0 Å². The summed E-state index contributed by atoms with van der Waals surface area (Å²) >= 11 is 0. The van der Waals surface area contributed by atoms with Crippen molar-refractivity contribution < 1.29 is 4.74 Å². The lowest BCUT2D eigenvalue weighted by atomic mass is 9.85. The second kappa shape index (κ2) is 8.05. The number of allylic oxidation sites excluding steroid dienone is 2. The second-order valence-corrected chi connectivity index (χ2v) is 5.67. The first-order valence-corrected chi connectivity index (χ1v) is 7.73. The highest BCUT2D eigenvalue weighted by atomic mass is 16.5. The maximum absolute atomic E-state index is 5.89. The third kappa shape index (κ3) is 4.64. The molecule has 110 valence electrons. The molecule has 1 heterocycles. The summed E-state index contributed by atoms with van der Waals surface area (Å²) in [4.78, 5) is 4.31. The maximum Gasteiger partial charge on any atom is 0.213 e. The van der Waals surface area contributed by atoms with Crippen LogP contribution in [-0.2, 0) is 6.54 Å². The summed E-state index contributed by atoms with van der Waals surface area (Å²) in [5.74, 6) is 2.07. The smallest absolute Gasteiger partial charge is 0.213 e. The third-order valence-corrected chi connectivity index (χ3v) is 3.92. The van der Waals surface area contributed by atoms with Gasteiger partial charge in [0.15, 0.2) is 0 Å². The maximum atomic E-state index is 5.89. The van der Waals surface area contributed by atoms with Crippen LogP contribution in [0.4, 0.5) is 0 Å². The summed E-state index contributed by atoms with van der Waals surface area (Å²) in [5.41, 5.74) is 1.24. The van der Waals surface area contributed by atoms with Crippen LogP contribution in [0.2, 0.25) is 0 Å². The molecule has 1 aliphatic rings. The Labute approximate surface area is 122 Å². The number of nitrogens with one attached hydrogen (secondary N) is 1. The van der Waals surface area contributed by atoms with Gasteiger partial charge in [-0.25, -0.2) is 4.98 Å². The molecule has 0 saturated carbocycles. The van der Waals surface area contributed by atoms with Crippen molar-refractivity contribution >= 4 is 0 Å². The monoisotopic (exact) mass is 274 g/mol. The van der Waals surface area contributed by atoms with Crippen LogP contribution in [0.15, 0.2) is 30.5 Å². The minimum absolute atomic E-state index is 0.615. The van der Waals surface area contributed by atoms with E-state index in [-0.39, 0.29) is 0 Å². The first kappa shape index (κ1) is 15.0. The third-order valence-electron chi connectivity index (χ3n) is 3.92. The first-order valence-electron chi connectivity index (χ1n) is 7.73. The minimum atomic E-state index is 0.615. The first-order chi connectivity index (χ1) is 9.79. The molecule has 0 saturated heterocycles. The second-order valence-electron chi connectivity index (χ2n) is 5.67. The fraction of sp³-hybridized carbons (Fsp3) is 0.588. The lowest BCUT2D eigenvalue weighted by Gasteiger charge is -2.24. The molecule has 0 radical (unpaired) electrons. The normalized spacial score (nSPS) is 21.9. The van der Waals surface area contributed by atoms with Crippen LogP contribution in [0.1, 0.15) is 38.7 Å². The molecule has 1 aliphatic carbocycles. The number of hydrogen-bond acceptors (Lipinski definition) is 3. The highest BCUT2D eigenvalue weighted by molar-refractivity contribution is 5.20. The van der Waals surface area contributed by atoms with Crippen LogP contribution >= 0.6 is 0 Å². The van der Waals surface area contributed by atoms with Gasteiger partial charge < -0.3 is 10.1 Å². The van der Waals surface area contributed by atoms with Crippen molar-refractivity contribution in [1.29, 1.82) is 0 Å². The zero-order valence-corrected chi connectivity index (χ0v) is 12.6. The topological polar surface area (TPSA) is 34.2 Å². The van der Waals surface area contributed by atoms with E-state index in [2.05, 4.69) is 36.3 Å². The van der Waals surface area contributed by atoms with E-state index in [1.165, 1.54) is 12.0 Å². The number of aromatic nitrogens is 1. The zero-order valence-electron chi connectivity index (χ0n) is 12.6. The number of hydrogen-bond donors (Lipinski definition) is 1. The lowest BCUT2D eigenvalue weighted by molar-refractivity contribution is 0.192. The van der Waals surface area contributed by atoms with E-state index in [1.54, 1.807) is 0 Å². The van der Waals surface area contributed by atoms with E-state index in [0.29, 0.717) is 11.8 Å². The summed E-state index contributed by atoms with van der Waals surface area (Å²) in [7, 11) is 0. The summed E-state index contributed by atoms with van der Waals surface area (Å²) in [5, 5.41) is 3.40. The van der Waals surface area contributed by atoms with Crippen molar-refractivity contribution in [3.63, 3.8) is 0 Å². The van der Waals surface area contributed by atoms with Gasteiger partial charge in [0.1, 0.15) is 0 Å². The molecule has 0 aliphatic heterocycles. The number of ether oxygens (including phenoxy) is 1. The molecule has 1 aromatic rings. The number of rotatable bonds is 7. The Morgan fingerprint density at radius 2 is 2.20 bits per heavy atom. The van der Waals surface area contributed by atoms with Gasteiger partial charge in [0.2, 0.25) is 5.88 Å². The van der Waals surface area contributed by atoms with Gasteiger partial charge in [-0.1, -0.05) is 26.0 Å². The number of nitrogens with zero attached hydrogens (tertiary/aromatic N) is 1. The largest absolute Gasteiger partial charge is 0.477 e. The van der Waals surface area contributed by atoms with Crippen LogP contribution in [0.3, 0.4) is 0 Å². The average molecular weight is 274 g/mol. The van der Waals surface area contributed by atoms with Gasteiger partial charge in [-0.2, -0.15) is 0 Å². The van der Waals surface area contributed by atoms with Crippen molar-refractivity contribution in [3.8, 4) is 5.88 Å². The summed E-state index contributed by atoms with van der Waals surface area (Å²) in [6, 6.07) is 4.09. The molecule has 0 fully saturated rings. The molecule has 0 aromatic carbocycles. The fourth-order valence-electron chi connectivity index (χ4n) is 2.48. The Bertz CT molecular complexity index is 431. The molecule has 20 heavy (non-hydrogen) atoms. The summed E-state index contributed by atoms with van der Waals surface area (Å²) in [6.45, 7) is 7.17. The molecule has 0 amide bonds. The lowest BCUT2D eigenvalue weighted by Crippen LogP contribution is -2.21. The molecule has 1 aromatic heterocycles. The highest BCUT2D eigenvalue weighted by Crippen LogP contribution is 2.25.